The van der Waals surface area contributed by atoms with E-state index >= 15 is 0 Å². The molecule has 0 amide bonds. The Morgan fingerprint density at radius 2 is 2.31 bits per heavy atom. The van der Waals surface area contributed by atoms with Crippen molar-refractivity contribution in [3.63, 3.8) is 0 Å². The molecule has 0 spiro atoms. The maximum atomic E-state index is 8.99. The maximum Gasteiger partial charge on any atom is 0.117 e. The van der Waals surface area contributed by atoms with Crippen molar-refractivity contribution in [1.29, 1.82) is 0 Å². The third-order valence-corrected chi connectivity index (χ3v) is 1.83. The number of aliphatic hydroxyl groups excluding tert-OH is 1. The van der Waals surface area contributed by atoms with Crippen LogP contribution in [0.5, 0.6) is 0 Å². The molecule has 0 aliphatic carbocycles. The summed E-state index contributed by atoms with van der Waals surface area (Å²) < 4.78 is 5.37. The number of furan rings is 1. The van der Waals surface area contributed by atoms with Gasteiger partial charge in [-0.1, -0.05) is 0 Å². The van der Waals surface area contributed by atoms with Gasteiger partial charge in [-0.15, -0.1) is 0 Å². The number of hydrogen-bond acceptors (Lipinski definition) is 3. The largest absolute Gasteiger partial charge is 0.465 e. The highest BCUT2D eigenvalue weighted by Crippen LogP contribution is 2.05. The lowest BCUT2D eigenvalue weighted by molar-refractivity contribution is 0.183. The average Bonchev–Trinajstić information content (AvgIpc) is 2.45. The lowest BCUT2D eigenvalue weighted by atomic mass is 10.3. The predicted molar refractivity (Wildman–Crippen MR) is 51.4 cm³/mol. The molecule has 0 saturated heterocycles. The number of aliphatic hydroxyl groups is 1. The van der Waals surface area contributed by atoms with E-state index in [0.717, 1.165) is 31.0 Å². The molecule has 0 unspecified atom stereocenters. The summed E-state index contributed by atoms with van der Waals surface area (Å²) in [5, 5.41) is 12.2. The molecule has 1 atom stereocenters. The van der Waals surface area contributed by atoms with Crippen LogP contribution >= 0.6 is 0 Å². The lowest BCUT2D eigenvalue weighted by Gasteiger charge is -2.04. The summed E-state index contributed by atoms with van der Waals surface area (Å²) in [6.45, 7) is 5.27. The summed E-state index contributed by atoms with van der Waals surface area (Å²) in [6, 6.07) is 3.91. The van der Waals surface area contributed by atoms with Crippen molar-refractivity contribution >= 4 is 0 Å². The van der Waals surface area contributed by atoms with E-state index in [1.54, 1.807) is 6.92 Å². The summed E-state index contributed by atoms with van der Waals surface area (Å²) in [7, 11) is 0. The highest BCUT2D eigenvalue weighted by molar-refractivity contribution is 5.04. The van der Waals surface area contributed by atoms with Gasteiger partial charge in [-0.2, -0.15) is 0 Å². The third kappa shape index (κ3) is 4.10. The fourth-order valence-electron chi connectivity index (χ4n) is 1.10. The molecule has 0 aliphatic rings. The zero-order valence-corrected chi connectivity index (χ0v) is 8.21. The second kappa shape index (κ2) is 5.04. The Labute approximate surface area is 78.8 Å². The van der Waals surface area contributed by atoms with Gasteiger partial charge in [-0.05, 0) is 38.9 Å². The van der Waals surface area contributed by atoms with E-state index < -0.39 is 0 Å². The first-order valence-electron chi connectivity index (χ1n) is 4.62. The maximum absolute atomic E-state index is 8.99. The Kier molecular flexibility index (Phi) is 3.99. The van der Waals surface area contributed by atoms with Crippen LogP contribution in [0, 0.1) is 6.92 Å². The van der Waals surface area contributed by atoms with Crippen molar-refractivity contribution in [1.82, 2.24) is 5.32 Å². The molecule has 0 aromatic carbocycles. The highest BCUT2D eigenvalue weighted by atomic mass is 16.3. The van der Waals surface area contributed by atoms with Gasteiger partial charge in [0, 0.05) is 0 Å². The van der Waals surface area contributed by atoms with E-state index in [4.69, 9.17) is 9.52 Å². The molecule has 0 fully saturated rings. The Morgan fingerprint density at radius 1 is 1.54 bits per heavy atom. The smallest absolute Gasteiger partial charge is 0.117 e. The van der Waals surface area contributed by atoms with Crippen LogP contribution in [0.1, 0.15) is 24.9 Å². The third-order valence-electron chi connectivity index (χ3n) is 1.83. The molecule has 0 saturated carbocycles. The first kappa shape index (κ1) is 10.3. The molecular formula is C10H17NO2. The van der Waals surface area contributed by atoms with E-state index in [-0.39, 0.29) is 6.10 Å². The summed E-state index contributed by atoms with van der Waals surface area (Å²) >= 11 is 0. The van der Waals surface area contributed by atoms with Crippen molar-refractivity contribution in [3.05, 3.63) is 23.7 Å². The minimum absolute atomic E-state index is 0.231. The molecule has 0 aliphatic heterocycles. The van der Waals surface area contributed by atoms with Crippen molar-refractivity contribution in [2.45, 2.75) is 32.9 Å². The lowest BCUT2D eigenvalue weighted by Crippen LogP contribution is -2.18. The van der Waals surface area contributed by atoms with Gasteiger partial charge >= 0.3 is 0 Å². The first-order valence-corrected chi connectivity index (χ1v) is 4.62. The number of aryl methyl sites for hydroxylation is 1. The van der Waals surface area contributed by atoms with Crippen LogP contribution < -0.4 is 5.32 Å². The van der Waals surface area contributed by atoms with Crippen LogP contribution in [0.4, 0.5) is 0 Å². The van der Waals surface area contributed by atoms with Gasteiger partial charge in [-0.25, -0.2) is 0 Å². The zero-order chi connectivity index (χ0) is 9.68. The predicted octanol–water partition coefficient (Wildman–Crippen LogP) is 1.45. The van der Waals surface area contributed by atoms with E-state index in [1.807, 2.05) is 19.1 Å². The van der Waals surface area contributed by atoms with Crippen LogP contribution in [0.3, 0.4) is 0 Å². The molecule has 3 nitrogen and oxygen atoms in total. The first-order chi connectivity index (χ1) is 6.18. The van der Waals surface area contributed by atoms with Gasteiger partial charge in [0.2, 0.25) is 0 Å². The zero-order valence-electron chi connectivity index (χ0n) is 8.21. The number of nitrogens with one attached hydrogen (secondary N) is 1. The Hall–Kier alpha value is -0.800. The van der Waals surface area contributed by atoms with Crippen molar-refractivity contribution < 1.29 is 9.52 Å². The normalized spacial score (nSPS) is 13.2. The standard InChI is InChI=1S/C10H17NO2/c1-8(12)5-6-11-7-10-4-3-9(2)13-10/h3-4,8,11-12H,5-7H2,1-2H3/t8-/m1/s1. The van der Waals surface area contributed by atoms with Gasteiger partial charge < -0.3 is 14.8 Å². The van der Waals surface area contributed by atoms with Crippen LogP contribution in [-0.2, 0) is 6.54 Å². The minimum Gasteiger partial charge on any atom is -0.465 e. The van der Waals surface area contributed by atoms with Crippen molar-refractivity contribution in [2.75, 3.05) is 6.54 Å². The molecule has 3 heteroatoms. The second-order valence-electron chi connectivity index (χ2n) is 3.33. The fraction of sp³-hybridized carbons (Fsp3) is 0.600. The Morgan fingerprint density at radius 3 is 2.85 bits per heavy atom. The molecular weight excluding hydrogens is 166 g/mol. The van der Waals surface area contributed by atoms with Crippen molar-refractivity contribution in [3.8, 4) is 0 Å². The van der Waals surface area contributed by atoms with Gasteiger partial charge in [0.05, 0.1) is 12.6 Å². The van der Waals surface area contributed by atoms with Crippen LogP contribution in [0.15, 0.2) is 16.5 Å². The molecule has 2 N–H and O–H groups in total. The molecule has 1 aromatic heterocycles. The van der Waals surface area contributed by atoms with E-state index in [9.17, 15) is 0 Å². The highest BCUT2D eigenvalue weighted by Gasteiger charge is 1.98. The quantitative estimate of drug-likeness (QED) is 0.679. The Balaban J connectivity index is 2.13. The van der Waals surface area contributed by atoms with Gasteiger partial charge in [0.1, 0.15) is 11.5 Å². The second-order valence-corrected chi connectivity index (χ2v) is 3.33. The molecule has 1 aromatic rings. The molecule has 74 valence electrons. The van der Waals surface area contributed by atoms with Gasteiger partial charge in [0.25, 0.3) is 0 Å². The van der Waals surface area contributed by atoms with E-state index in [2.05, 4.69) is 5.32 Å². The Bertz CT molecular complexity index is 243. The fourth-order valence-corrected chi connectivity index (χ4v) is 1.10. The molecule has 13 heavy (non-hydrogen) atoms. The average molecular weight is 183 g/mol. The van der Waals surface area contributed by atoms with Crippen LogP contribution in [-0.4, -0.2) is 17.8 Å². The summed E-state index contributed by atoms with van der Waals surface area (Å²) in [6.07, 6.45) is 0.547. The van der Waals surface area contributed by atoms with E-state index in [1.165, 1.54) is 0 Å². The van der Waals surface area contributed by atoms with Crippen LogP contribution in [0.2, 0.25) is 0 Å². The number of rotatable bonds is 5. The topological polar surface area (TPSA) is 45.4 Å². The van der Waals surface area contributed by atoms with Gasteiger partial charge in [0.15, 0.2) is 0 Å². The summed E-state index contributed by atoms with van der Waals surface area (Å²) in [4.78, 5) is 0. The number of hydrogen-bond donors (Lipinski definition) is 2. The SMILES string of the molecule is Cc1ccc(CNCC[C@@H](C)O)o1. The minimum atomic E-state index is -0.231. The van der Waals surface area contributed by atoms with Crippen molar-refractivity contribution in [2.24, 2.45) is 0 Å². The molecule has 0 radical (unpaired) electrons. The van der Waals surface area contributed by atoms with E-state index in [0.29, 0.717) is 0 Å². The van der Waals surface area contributed by atoms with Crippen LogP contribution in [0.25, 0.3) is 0 Å². The summed E-state index contributed by atoms with van der Waals surface area (Å²) in [5.41, 5.74) is 0. The monoisotopic (exact) mass is 183 g/mol. The molecule has 1 rings (SSSR count). The summed E-state index contributed by atoms with van der Waals surface area (Å²) in [5.74, 6) is 1.88. The molecule has 1 heterocycles. The van der Waals surface area contributed by atoms with Gasteiger partial charge in [-0.3, -0.25) is 0 Å². The molecule has 0 bridgehead atoms.